The molecule has 0 bridgehead atoms. The summed E-state index contributed by atoms with van der Waals surface area (Å²) in [5, 5.41) is 7.39. The molecule has 0 spiro atoms. The molecular formula is C16H28N2S. The van der Waals surface area contributed by atoms with E-state index in [-0.39, 0.29) is 11.0 Å². The first-order valence-electron chi connectivity index (χ1n) is 7.53. The van der Waals surface area contributed by atoms with Crippen LogP contribution < -0.4 is 5.32 Å². The summed E-state index contributed by atoms with van der Waals surface area (Å²) in [5.41, 5.74) is 1.49. The first kappa shape index (κ1) is 15.0. The van der Waals surface area contributed by atoms with Gasteiger partial charge in [-0.05, 0) is 39.0 Å². The van der Waals surface area contributed by atoms with Gasteiger partial charge in [0, 0.05) is 16.8 Å². The summed E-state index contributed by atoms with van der Waals surface area (Å²) < 4.78 is 0. The molecule has 1 atom stereocenters. The molecule has 19 heavy (non-hydrogen) atoms. The number of hydrogen-bond acceptors (Lipinski definition) is 3. The van der Waals surface area contributed by atoms with Crippen molar-refractivity contribution in [2.75, 3.05) is 0 Å². The van der Waals surface area contributed by atoms with Gasteiger partial charge in [-0.2, -0.15) is 0 Å². The largest absolute Gasteiger partial charge is 0.303 e. The molecule has 2 rings (SSSR count). The average Bonchev–Trinajstić information content (AvgIpc) is 3.01. The lowest BCUT2D eigenvalue weighted by Crippen LogP contribution is -2.47. The van der Waals surface area contributed by atoms with Crippen LogP contribution in [0.4, 0.5) is 0 Å². The fourth-order valence-corrected chi connectivity index (χ4v) is 4.17. The van der Waals surface area contributed by atoms with Gasteiger partial charge >= 0.3 is 0 Å². The van der Waals surface area contributed by atoms with Crippen LogP contribution in [-0.4, -0.2) is 11.0 Å². The average molecular weight is 280 g/mol. The van der Waals surface area contributed by atoms with E-state index in [1.165, 1.54) is 23.5 Å². The van der Waals surface area contributed by atoms with Crippen molar-refractivity contribution in [3.8, 4) is 0 Å². The van der Waals surface area contributed by atoms with Gasteiger partial charge in [0.25, 0.3) is 0 Å². The highest BCUT2D eigenvalue weighted by molar-refractivity contribution is 7.09. The smallest absolute Gasteiger partial charge is 0.113 e. The molecule has 1 heterocycles. The standard InChI is InChI=1S/C16H28N2S/c1-7-16(12-8-9-12,18-11(2)3)14-17-13(10-19-14)15(4,5)6/h10-12,18H,7-9H2,1-6H3. The zero-order valence-corrected chi connectivity index (χ0v) is 14.0. The number of hydrogen-bond donors (Lipinski definition) is 1. The molecule has 0 aliphatic heterocycles. The molecule has 1 aromatic heterocycles. The Bertz CT molecular complexity index is 426. The Kier molecular flexibility index (Phi) is 4.08. The molecule has 1 fully saturated rings. The molecule has 1 saturated carbocycles. The third-order valence-electron chi connectivity index (χ3n) is 4.03. The lowest BCUT2D eigenvalue weighted by Gasteiger charge is -2.34. The fourth-order valence-electron chi connectivity index (χ4n) is 2.81. The van der Waals surface area contributed by atoms with Crippen molar-refractivity contribution >= 4 is 11.3 Å². The molecule has 1 N–H and O–H groups in total. The Morgan fingerprint density at radius 1 is 1.37 bits per heavy atom. The van der Waals surface area contributed by atoms with Crippen LogP contribution in [0.5, 0.6) is 0 Å². The van der Waals surface area contributed by atoms with Crippen molar-refractivity contribution < 1.29 is 0 Å². The van der Waals surface area contributed by atoms with E-state index in [9.17, 15) is 0 Å². The van der Waals surface area contributed by atoms with Gasteiger partial charge in [-0.15, -0.1) is 11.3 Å². The van der Waals surface area contributed by atoms with Gasteiger partial charge in [-0.25, -0.2) is 4.98 Å². The zero-order valence-electron chi connectivity index (χ0n) is 13.2. The third-order valence-corrected chi connectivity index (χ3v) is 5.05. The highest BCUT2D eigenvalue weighted by Gasteiger charge is 2.47. The van der Waals surface area contributed by atoms with Gasteiger partial charge < -0.3 is 5.32 Å². The maximum atomic E-state index is 5.00. The maximum absolute atomic E-state index is 5.00. The quantitative estimate of drug-likeness (QED) is 0.861. The number of thiazole rings is 1. The maximum Gasteiger partial charge on any atom is 0.113 e. The summed E-state index contributed by atoms with van der Waals surface area (Å²) in [7, 11) is 0. The fraction of sp³-hybridized carbons (Fsp3) is 0.812. The highest BCUT2D eigenvalue weighted by Crippen LogP contribution is 2.49. The Balaban J connectivity index is 2.35. The van der Waals surface area contributed by atoms with Crippen molar-refractivity contribution in [2.24, 2.45) is 5.92 Å². The minimum atomic E-state index is 0.113. The lowest BCUT2D eigenvalue weighted by atomic mass is 9.89. The minimum Gasteiger partial charge on any atom is -0.303 e. The van der Waals surface area contributed by atoms with Crippen LogP contribution in [0, 0.1) is 5.92 Å². The normalized spacial score (nSPS) is 19.7. The molecule has 1 aromatic rings. The van der Waals surface area contributed by atoms with E-state index in [4.69, 9.17) is 4.98 Å². The van der Waals surface area contributed by atoms with E-state index >= 15 is 0 Å². The van der Waals surface area contributed by atoms with Crippen molar-refractivity contribution in [3.05, 3.63) is 16.1 Å². The molecule has 0 aromatic carbocycles. The number of rotatable bonds is 5. The van der Waals surface area contributed by atoms with Crippen molar-refractivity contribution in [2.45, 2.75) is 77.8 Å². The minimum absolute atomic E-state index is 0.113. The molecule has 0 amide bonds. The SMILES string of the molecule is CCC(NC(C)C)(c1nc(C(C)(C)C)cs1)C1CC1. The molecule has 1 unspecified atom stereocenters. The van der Waals surface area contributed by atoms with Gasteiger partial charge in [-0.1, -0.05) is 27.7 Å². The summed E-state index contributed by atoms with van der Waals surface area (Å²) in [5.74, 6) is 0.777. The van der Waals surface area contributed by atoms with E-state index in [0.29, 0.717) is 6.04 Å². The molecule has 3 heteroatoms. The molecule has 1 aliphatic carbocycles. The molecule has 0 saturated heterocycles. The number of nitrogens with one attached hydrogen (secondary N) is 1. The topological polar surface area (TPSA) is 24.9 Å². The second kappa shape index (κ2) is 5.17. The summed E-state index contributed by atoms with van der Waals surface area (Å²) in [6, 6.07) is 0.502. The van der Waals surface area contributed by atoms with E-state index in [1.54, 1.807) is 0 Å². The van der Waals surface area contributed by atoms with Gasteiger partial charge in [0.2, 0.25) is 0 Å². The van der Waals surface area contributed by atoms with Crippen LogP contribution in [0.25, 0.3) is 0 Å². The first-order valence-corrected chi connectivity index (χ1v) is 8.41. The van der Waals surface area contributed by atoms with Crippen LogP contribution in [0.3, 0.4) is 0 Å². The Hall–Kier alpha value is -0.410. The van der Waals surface area contributed by atoms with Crippen LogP contribution in [0.1, 0.15) is 71.5 Å². The summed E-state index contributed by atoms with van der Waals surface area (Å²) in [6.07, 6.45) is 3.82. The van der Waals surface area contributed by atoms with Crippen molar-refractivity contribution in [3.63, 3.8) is 0 Å². The second-order valence-corrected chi connectivity index (χ2v) is 8.04. The molecule has 1 aliphatic rings. The van der Waals surface area contributed by atoms with Gasteiger partial charge in [0.05, 0.1) is 11.2 Å². The van der Waals surface area contributed by atoms with E-state index in [0.717, 1.165) is 12.3 Å². The zero-order chi connectivity index (χ0) is 14.3. The van der Waals surface area contributed by atoms with Gasteiger partial charge in [0.1, 0.15) is 5.01 Å². The number of nitrogens with zero attached hydrogens (tertiary/aromatic N) is 1. The predicted molar refractivity (Wildman–Crippen MR) is 83.8 cm³/mol. The lowest BCUT2D eigenvalue weighted by molar-refractivity contribution is 0.251. The van der Waals surface area contributed by atoms with E-state index in [2.05, 4.69) is 52.2 Å². The monoisotopic (exact) mass is 280 g/mol. The van der Waals surface area contributed by atoms with Crippen LogP contribution >= 0.6 is 11.3 Å². The molecular weight excluding hydrogens is 252 g/mol. The van der Waals surface area contributed by atoms with E-state index < -0.39 is 0 Å². The summed E-state index contributed by atoms with van der Waals surface area (Å²) >= 11 is 1.84. The van der Waals surface area contributed by atoms with Crippen molar-refractivity contribution in [1.29, 1.82) is 0 Å². The highest BCUT2D eigenvalue weighted by atomic mass is 32.1. The summed E-state index contributed by atoms with van der Waals surface area (Å²) in [6.45, 7) is 13.5. The molecule has 108 valence electrons. The van der Waals surface area contributed by atoms with E-state index in [1.807, 2.05) is 11.3 Å². The summed E-state index contributed by atoms with van der Waals surface area (Å²) in [4.78, 5) is 5.00. The third kappa shape index (κ3) is 3.03. The number of aromatic nitrogens is 1. The molecule has 0 radical (unpaired) electrons. The van der Waals surface area contributed by atoms with Gasteiger partial charge in [-0.3, -0.25) is 0 Å². The Morgan fingerprint density at radius 2 is 2.00 bits per heavy atom. The van der Waals surface area contributed by atoms with Crippen LogP contribution in [0.2, 0.25) is 0 Å². The van der Waals surface area contributed by atoms with Crippen molar-refractivity contribution in [1.82, 2.24) is 10.3 Å². The van der Waals surface area contributed by atoms with Gasteiger partial charge in [0.15, 0.2) is 0 Å². The molecule has 2 nitrogen and oxygen atoms in total. The second-order valence-electron chi connectivity index (χ2n) is 7.19. The first-order chi connectivity index (χ1) is 8.79. The Labute approximate surface area is 122 Å². The van der Waals surface area contributed by atoms with Crippen LogP contribution in [-0.2, 0) is 11.0 Å². The van der Waals surface area contributed by atoms with Crippen LogP contribution in [0.15, 0.2) is 5.38 Å². The predicted octanol–water partition coefficient (Wildman–Crippen LogP) is 4.45. The Morgan fingerprint density at radius 3 is 2.37 bits per heavy atom.